The molecular weight excluding hydrogens is 717 g/mol. The number of hydrogen-bond acceptors (Lipinski definition) is 9. The third kappa shape index (κ3) is 33.2. The van der Waals surface area contributed by atoms with Crippen molar-refractivity contribution in [3.05, 3.63) is 24.3 Å². The van der Waals surface area contributed by atoms with Gasteiger partial charge in [0.2, 0.25) is 0 Å². The van der Waals surface area contributed by atoms with Crippen LogP contribution in [0.1, 0.15) is 194 Å². The van der Waals surface area contributed by atoms with E-state index in [0.29, 0.717) is 12.8 Å². The molecule has 0 saturated heterocycles. The van der Waals surface area contributed by atoms with Crippen molar-refractivity contribution in [2.45, 2.75) is 212 Å². The summed E-state index contributed by atoms with van der Waals surface area (Å²) >= 11 is 0. The largest absolute Gasteiger partial charge is 0.774 e. The zero-order valence-corrected chi connectivity index (χ0v) is 36.8. The highest BCUT2D eigenvalue weighted by atomic mass is 31.2. The SMILES string of the molecule is CCC/C=C\CCCC/C=C\CCCCC(=O)O[C@H](COC(=O)CCCCCCCCCCCCCCCCC)COP(=O)([O-])C(C)[N+](C)(C)CCC(O)O. The van der Waals surface area contributed by atoms with Crippen LogP contribution >= 0.6 is 7.60 Å². The van der Waals surface area contributed by atoms with Gasteiger partial charge in [0.15, 0.2) is 20.0 Å². The first-order valence-electron chi connectivity index (χ1n) is 22.1. The van der Waals surface area contributed by atoms with Crippen molar-refractivity contribution in [2.24, 2.45) is 0 Å². The molecule has 0 fully saturated rings. The summed E-state index contributed by atoms with van der Waals surface area (Å²) in [6.45, 7) is 5.37. The number of carbonyl (C=O) groups excluding carboxylic acids is 2. The smallest absolute Gasteiger partial charge is 0.306 e. The molecule has 2 N–H and O–H groups in total. The highest BCUT2D eigenvalue weighted by molar-refractivity contribution is 7.51. The second-order valence-corrected chi connectivity index (χ2v) is 18.1. The molecule has 0 aliphatic rings. The molecule has 0 rings (SSSR count). The summed E-state index contributed by atoms with van der Waals surface area (Å²) in [6.07, 6.45) is 34.4. The van der Waals surface area contributed by atoms with E-state index >= 15 is 0 Å². The molecule has 10 nitrogen and oxygen atoms in total. The molecule has 0 aromatic heterocycles. The van der Waals surface area contributed by atoms with E-state index in [1.807, 2.05) is 0 Å². The van der Waals surface area contributed by atoms with Crippen LogP contribution in [-0.4, -0.2) is 78.7 Å². The van der Waals surface area contributed by atoms with Crippen molar-refractivity contribution in [1.29, 1.82) is 0 Å². The standard InChI is InChI=1S/C44H84NO9P/c1-6-8-10-12-14-16-18-20-21-23-24-26-28-30-32-34-43(48)52-38-41(39-53-55(50,51)40(3)45(4,5)37-36-42(46)47)54-44(49)35-33-31-29-27-25-22-19-17-15-13-11-9-7-2/h11,13,25,27,40-42,46-47H,6-10,12,14-24,26,28-39H2,1-5H3/b13-11-,27-25-/t40?,41-/m1/s1. The Labute approximate surface area is 337 Å². The Morgan fingerprint density at radius 3 is 1.56 bits per heavy atom. The fraction of sp³-hybridized carbons (Fsp3) is 0.864. The average molecular weight is 802 g/mol. The maximum atomic E-state index is 13.1. The monoisotopic (exact) mass is 802 g/mol. The zero-order valence-electron chi connectivity index (χ0n) is 35.9. The number of rotatable bonds is 39. The number of allylic oxidation sites excluding steroid dienone is 4. The van der Waals surface area contributed by atoms with Crippen LogP contribution in [0.4, 0.5) is 0 Å². The minimum atomic E-state index is -4.49. The van der Waals surface area contributed by atoms with Crippen molar-refractivity contribution < 1.29 is 47.7 Å². The number of quaternary nitrogens is 1. The van der Waals surface area contributed by atoms with Gasteiger partial charge in [0, 0.05) is 19.3 Å². The van der Waals surface area contributed by atoms with E-state index in [2.05, 4.69) is 38.2 Å². The Kier molecular flexibility index (Phi) is 34.6. The summed E-state index contributed by atoms with van der Waals surface area (Å²) in [5.41, 5.74) is 0. The van der Waals surface area contributed by atoms with Crippen LogP contribution in [0.5, 0.6) is 0 Å². The maximum absolute atomic E-state index is 13.1. The van der Waals surface area contributed by atoms with E-state index < -0.39 is 44.3 Å². The van der Waals surface area contributed by atoms with Crippen LogP contribution in [0.2, 0.25) is 0 Å². The molecule has 3 atom stereocenters. The van der Waals surface area contributed by atoms with Crippen molar-refractivity contribution in [1.82, 2.24) is 0 Å². The molecule has 11 heteroatoms. The topological polar surface area (TPSA) is 142 Å². The molecule has 0 heterocycles. The first kappa shape index (κ1) is 53.5. The Morgan fingerprint density at radius 1 is 0.636 bits per heavy atom. The van der Waals surface area contributed by atoms with E-state index in [9.17, 15) is 29.3 Å². The van der Waals surface area contributed by atoms with Gasteiger partial charge in [-0.2, -0.15) is 0 Å². The third-order valence-corrected chi connectivity index (χ3v) is 12.4. The Balaban J connectivity index is 4.66. The number of esters is 2. The molecule has 0 saturated carbocycles. The number of unbranched alkanes of at least 4 members (excludes halogenated alkanes) is 20. The molecule has 324 valence electrons. The van der Waals surface area contributed by atoms with Gasteiger partial charge >= 0.3 is 11.9 Å². The summed E-state index contributed by atoms with van der Waals surface area (Å²) in [6, 6.07) is 0. The number of aliphatic hydroxyl groups is 2. The molecular formula is C44H84NO9P. The Bertz CT molecular complexity index is 1030. The lowest BCUT2D eigenvalue weighted by molar-refractivity contribution is -0.902. The molecule has 0 aliphatic heterocycles. The van der Waals surface area contributed by atoms with Crippen LogP contribution in [0.3, 0.4) is 0 Å². The number of ether oxygens (including phenoxy) is 2. The summed E-state index contributed by atoms with van der Waals surface area (Å²) in [7, 11) is -1.16. The first-order valence-corrected chi connectivity index (χ1v) is 23.8. The molecule has 0 spiro atoms. The molecule has 0 amide bonds. The van der Waals surface area contributed by atoms with Gasteiger partial charge in [0.1, 0.15) is 12.4 Å². The summed E-state index contributed by atoms with van der Waals surface area (Å²) in [5, 5.41) is 18.5. The molecule has 0 aromatic carbocycles. The van der Waals surface area contributed by atoms with Gasteiger partial charge in [-0.05, 0) is 64.7 Å². The summed E-state index contributed by atoms with van der Waals surface area (Å²) < 4.78 is 29.5. The first-order chi connectivity index (χ1) is 26.4. The molecule has 0 aromatic rings. The highest BCUT2D eigenvalue weighted by Gasteiger charge is 2.35. The lowest BCUT2D eigenvalue weighted by Crippen LogP contribution is -2.50. The summed E-state index contributed by atoms with van der Waals surface area (Å²) in [4.78, 5) is 38.5. The molecule has 0 bridgehead atoms. The second kappa shape index (κ2) is 35.6. The second-order valence-electron chi connectivity index (χ2n) is 16.0. The van der Waals surface area contributed by atoms with Crippen molar-refractivity contribution in [3.8, 4) is 0 Å². The van der Waals surface area contributed by atoms with E-state index in [0.717, 1.165) is 51.4 Å². The van der Waals surface area contributed by atoms with Crippen LogP contribution in [0.15, 0.2) is 24.3 Å². The van der Waals surface area contributed by atoms with Gasteiger partial charge in [0.25, 0.3) is 0 Å². The zero-order chi connectivity index (χ0) is 41.0. The van der Waals surface area contributed by atoms with Gasteiger partial charge in [0.05, 0.1) is 27.2 Å². The normalized spacial score (nSPS) is 14.5. The fourth-order valence-corrected chi connectivity index (χ4v) is 7.74. The van der Waals surface area contributed by atoms with Crippen molar-refractivity contribution in [2.75, 3.05) is 33.9 Å². The molecule has 2 unspecified atom stereocenters. The lowest BCUT2D eigenvalue weighted by atomic mass is 10.0. The molecule has 55 heavy (non-hydrogen) atoms. The van der Waals surface area contributed by atoms with Crippen molar-refractivity contribution in [3.63, 3.8) is 0 Å². The maximum Gasteiger partial charge on any atom is 0.306 e. The number of aliphatic hydroxyl groups excluding tert-OH is 1. The van der Waals surface area contributed by atoms with Crippen LogP contribution in [0, 0.1) is 0 Å². The van der Waals surface area contributed by atoms with Gasteiger partial charge in [-0.25, -0.2) is 0 Å². The lowest BCUT2D eigenvalue weighted by Gasteiger charge is -2.42. The fourth-order valence-electron chi connectivity index (χ4n) is 6.27. The molecule has 0 radical (unpaired) electrons. The highest BCUT2D eigenvalue weighted by Crippen LogP contribution is 2.46. The van der Waals surface area contributed by atoms with Gasteiger partial charge in [-0.3, -0.25) is 9.59 Å². The Morgan fingerprint density at radius 2 is 1.07 bits per heavy atom. The summed E-state index contributed by atoms with van der Waals surface area (Å²) in [5.74, 6) is -1.91. The number of hydrogen-bond donors (Lipinski definition) is 2. The quantitative estimate of drug-likeness (QED) is 0.0155. The van der Waals surface area contributed by atoms with E-state index in [1.54, 1.807) is 14.1 Å². The minimum absolute atomic E-state index is 0.000310. The predicted octanol–water partition coefficient (Wildman–Crippen LogP) is 10.4. The van der Waals surface area contributed by atoms with Gasteiger partial charge in [-0.15, -0.1) is 0 Å². The minimum Gasteiger partial charge on any atom is -0.774 e. The number of nitrogens with zero attached hydrogens (tertiary/aromatic N) is 1. The van der Waals surface area contributed by atoms with Crippen LogP contribution in [0.25, 0.3) is 0 Å². The van der Waals surface area contributed by atoms with E-state index in [1.165, 1.54) is 96.8 Å². The van der Waals surface area contributed by atoms with Crippen LogP contribution in [-0.2, 0) is 28.2 Å². The number of carbonyl (C=O) groups is 2. The Hall–Kier alpha value is -1.55. The van der Waals surface area contributed by atoms with Gasteiger partial charge < -0.3 is 38.2 Å². The average Bonchev–Trinajstić information content (AvgIpc) is 3.15. The van der Waals surface area contributed by atoms with E-state index in [4.69, 9.17) is 14.0 Å². The van der Waals surface area contributed by atoms with Crippen molar-refractivity contribution >= 4 is 19.5 Å². The van der Waals surface area contributed by atoms with Crippen LogP contribution < -0.4 is 4.89 Å². The third-order valence-electron chi connectivity index (χ3n) is 10.4. The predicted molar refractivity (Wildman–Crippen MR) is 223 cm³/mol. The molecule has 0 aliphatic carbocycles. The van der Waals surface area contributed by atoms with E-state index in [-0.39, 0.29) is 36.9 Å². The van der Waals surface area contributed by atoms with Gasteiger partial charge in [-0.1, -0.05) is 134 Å².